The molecule has 4 rings (SSSR count). The molecule has 1 aromatic carbocycles. The second-order valence-electron chi connectivity index (χ2n) is 6.06. The highest BCUT2D eigenvalue weighted by Crippen LogP contribution is 2.45. The summed E-state index contributed by atoms with van der Waals surface area (Å²) in [5.74, 6) is 1.35. The number of nitrogens with one attached hydrogen (secondary N) is 1. The Kier molecular flexibility index (Phi) is 3.80. The van der Waals surface area contributed by atoms with E-state index in [0.29, 0.717) is 17.6 Å². The van der Waals surface area contributed by atoms with Crippen LogP contribution in [0, 0.1) is 5.82 Å². The van der Waals surface area contributed by atoms with E-state index < -0.39 is 0 Å². The summed E-state index contributed by atoms with van der Waals surface area (Å²) < 4.78 is 15.3. The first-order chi connectivity index (χ1) is 11.2. The van der Waals surface area contributed by atoms with Crippen molar-refractivity contribution in [3.05, 3.63) is 35.9 Å². The van der Waals surface area contributed by atoms with Crippen LogP contribution < -0.4 is 5.32 Å². The van der Waals surface area contributed by atoms with Crippen LogP contribution in [0.25, 0.3) is 0 Å². The van der Waals surface area contributed by atoms with Crippen LogP contribution in [0.4, 0.5) is 10.1 Å². The topological polar surface area (TPSA) is 59.8 Å². The molecule has 0 bridgehead atoms. The molecule has 7 heteroatoms. The van der Waals surface area contributed by atoms with Crippen LogP contribution in [0.2, 0.25) is 0 Å². The lowest BCUT2D eigenvalue weighted by Crippen LogP contribution is -2.14. The van der Waals surface area contributed by atoms with Crippen molar-refractivity contribution >= 4 is 23.4 Å². The number of aromatic nitrogens is 3. The van der Waals surface area contributed by atoms with E-state index in [-0.39, 0.29) is 17.5 Å². The lowest BCUT2D eigenvalue weighted by atomic mass is 10.3. The fourth-order valence-corrected chi connectivity index (χ4v) is 3.39. The van der Waals surface area contributed by atoms with Gasteiger partial charge in [-0.1, -0.05) is 17.8 Å². The van der Waals surface area contributed by atoms with Crippen LogP contribution in [0.3, 0.4) is 0 Å². The zero-order chi connectivity index (χ0) is 15.8. The van der Waals surface area contributed by atoms with Crippen molar-refractivity contribution in [1.29, 1.82) is 0 Å². The number of benzene rings is 1. The molecule has 0 saturated heterocycles. The number of nitrogens with zero attached hydrogens (tertiary/aromatic N) is 3. The molecule has 120 valence electrons. The molecule has 1 heterocycles. The number of hydrogen-bond donors (Lipinski definition) is 1. The van der Waals surface area contributed by atoms with Gasteiger partial charge in [0.2, 0.25) is 5.91 Å². The van der Waals surface area contributed by atoms with E-state index in [9.17, 15) is 9.18 Å². The fourth-order valence-electron chi connectivity index (χ4n) is 2.58. The van der Waals surface area contributed by atoms with Crippen molar-refractivity contribution in [3.63, 3.8) is 0 Å². The van der Waals surface area contributed by atoms with Gasteiger partial charge in [0.05, 0.1) is 5.75 Å². The SMILES string of the molecule is O=C(CSc1nnc(C2CC2)n1C1CC1)Nc1cccc(F)c1. The minimum Gasteiger partial charge on any atom is -0.325 e. The average molecular weight is 332 g/mol. The van der Waals surface area contributed by atoms with E-state index in [1.807, 2.05) is 0 Å². The zero-order valence-corrected chi connectivity index (χ0v) is 13.4. The molecule has 0 unspecified atom stereocenters. The van der Waals surface area contributed by atoms with Crippen LogP contribution >= 0.6 is 11.8 Å². The second kappa shape index (κ2) is 5.96. The van der Waals surface area contributed by atoms with Crippen molar-refractivity contribution in [3.8, 4) is 0 Å². The van der Waals surface area contributed by atoms with Crippen molar-refractivity contribution in [1.82, 2.24) is 14.8 Å². The van der Waals surface area contributed by atoms with E-state index in [1.54, 1.807) is 12.1 Å². The number of rotatable bonds is 6. The molecule has 0 aliphatic heterocycles. The summed E-state index contributed by atoms with van der Waals surface area (Å²) in [5.41, 5.74) is 0.470. The Morgan fingerprint density at radius 1 is 1.30 bits per heavy atom. The molecule has 2 aliphatic carbocycles. The number of thioether (sulfide) groups is 1. The maximum absolute atomic E-state index is 13.1. The molecule has 1 N–H and O–H groups in total. The molecule has 0 atom stereocenters. The quantitative estimate of drug-likeness (QED) is 0.824. The monoisotopic (exact) mass is 332 g/mol. The molecule has 2 aromatic rings. The molecule has 5 nitrogen and oxygen atoms in total. The number of carbonyl (C=O) groups is 1. The number of anilines is 1. The third-order valence-electron chi connectivity index (χ3n) is 3.99. The third kappa shape index (κ3) is 3.39. The van der Waals surface area contributed by atoms with Gasteiger partial charge in [0.1, 0.15) is 11.6 Å². The van der Waals surface area contributed by atoms with Gasteiger partial charge in [-0.05, 0) is 43.9 Å². The van der Waals surface area contributed by atoms with Crippen molar-refractivity contribution in [2.75, 3.05) is 11.1 Å². The van der Waals surface area contributed by atoms with Gasteiger partial charge in [-0.15, -0.1) is 10.2 Å². The Morgan fingerprint density at radius 3 is 2.83 bits per heavy atom. The van der Waals surface area contributed by atoms with Gasteiger partial charge in [-0.3, -0.25) is 4.79 Å². The van der Waals surface area contributed by atoms with Crippen LogP contribution in [-0.4, -0.2) is 26.4 Å². The van der Waals surface area contributed by atoms with Crippen molar-refractivity contribution in [2.45, 2.75) is 42.8 Å². The van der Waals surface area contributed by atoms with E-state index in [1.165, 1.54) is 49.6 Å². The smallest absolute Gasteiger partial charge is 0.234 e. The lowest BCUT2D eigenvalue weighted by Gasteiger charge is -2.08. The van der Waals surface area contributed by atoms with Crippen LogP contribution in [-0.2, 0) is 4.79 Å². The molecule has 2 aliphatic rings. The highest BCUT2D eigenvalue weighted by molar-refractivity contribution is 7.99. The van der Waals surface area contributed by atoms with Gasteiger partial charge in [0.15, 0.2) is 5.16 Å². The van der Waals surface area contributed by atoms with E-state index >= 15 is 0 Å². The summed E-state index contributed by atoms with van der Waals surface area (Å²) in [6, 6.07) is 6.41. The lowest BCUT2D eigenvalue weighted by molar-refractivity contribution is -0.113. The Labute approximate surface area is 137 Å². The summed E-state index contributed by atoms with van der Waals surface area (Å²) in [5, 5.41) is 12.1. The van der Waals surface area contributed by atoms with Gasteiger partial charge < -0.3 is 9.88 Å². The van der Waals surface area contributed by atoms with E-state index in [0.717, 1.165) is 11.0 Å². The minimum absolute atomic E-state index is 0.168. The Hall–Kier alpha value is -1.89. The third-order valence-corrected chi connectivity index (χ3v) is 4.93. The Bertz CT molecular complexity index is 739. The van der Waals surface area contributed by atoms with Gasteiger partial charge in [-0.2, -0.15) is 0 Å². The van der Waals surface area contributed by atoms with Crippen molar-refractivity contribution < 1.29 is 9.18 Å². The fraction of sp³-hybridized carbons (Fsp3) is 0.438. The molecule has 2 fully saturated rings. The molecule has 0 spiro atoms. The standard InChI is InChI=1S/C16H17FN4OS/c17-11-2-1-3-12(8-11)18-14(22)9-23-16-20-19-15(10-4-5-10)21(16)13-6-7-13/h1-3,8,10,13H,4-7,9H2,(H,18,22). The molecule has 1 amide bonds. The Balaban J connectivity index is 1.40. The largest absolute Gasteiger partial charge is 0.325 e. The maximum Gasteiger partial charge on any atom is 0.234 e. The minimum atomic E-state index is -0.363. The summed E-state index contributed by atoms with van der Waals surface area (Å²) >= 11 is 1.40. The van der Waals surface area contributed by atoms with Gasteiger partial charge >= 0.3 is 0 Å². The number of carbonyl (C=O) groups excluding carboxylic acids is 1. The van der Waals surface area contributed by atoms with Gasteiger partial charge in [0, 0.05) is 17.6 Å². The first-order valence-electron chi connectivity index (χ1n) is 7.84. The first kappa shape index (κ1) is 14.7. The van der Waals surface area contributed by atoms with Gasteiger partial charge in [0.25, 0.3) is 0 Å². The number of halogens is 1. The molecule has 0 radical (unpaired) electrons. The maximum atomic E-state index is 13.1. The molecule has 1 aromatic heterocycles. The summed E-state index contributed by atoms with van der Waals surface area (Å²) in [4.78, 5) is 12.0. The molecular formula is C16H17FN4OS. The second-order valence-corrected chi connectivity index (χ2v) is 7.01. The summed E-state index contributed by atoms with van der Waals surface area (Å²) in [6.45, 7) is 0. The Morgan fingerprint density at radius 2 is 2.13 bits per heavy atom. The summed E-state index contributed by atoms with van der Waals surface area (Å²) in [7, 11) is 0. The average Bonchev–Trinajstić information content (AvgIpc) is 3.44. The van der Waals surface area contributed by atoms with Crippen molar-refractivity contribution in [2.24, 2.45) is 0 Å². The van der Waals surface area contributed by atoms with Crippen LogP contribution in [0.15, 0.2) is 29.4 Å². The predicted octanol–water partition coefficient (Wildman–Crippen LogP) is 3.36. The van der Waals surface area contributed by atoms with Gasteiger partial charge in [-0.25, -0.2) is 4.39 Å². The van der Waals surface area contributed by atoms with E-state index in [4.69, 9.17) is 0 Å². The molecular weight excluding hydrogens is 315 g/mol. The van der Waals surface area contributed by atoms with E-state index in [2.05, 4.69) is 20.1 Å². The van der Waals surface area contributed by atoms with Crippen LogP contribution in [0.1, 0.15) is 43.5 Å². The van der Waals surface area contributed by atoms with Crippen LogP contribution in [0.5, 0.6) is 0 Å². The summed E-state index contributed by atoms with van der Waals surface area (Å²) in [6.07, 6.45) is 4.72. The normalized spacial score (nSPS) is 17.3. The zero-order valence-electron chi connectivity index (χ0n) is 12.5. The highest BCUT2D eigenvalue weighted by atomic mass is 32.2. The number of hydrogen-bond acceptors (Lipinski definition) is 4. The highest BCUT2D eigenvalue weighted by Gasteiger charge is 2.36. The number of amides is 1. The molecule has 23 heavy (non-hydrogen) atoms. The first-order valence-corrected chi connectivity index (χ1v) is 8.82. The predicted molar refractivity (Wildman–Crippen MR) is 86.0 cm³/mol. The molecule has 2 saturated carbocycles.